The van der Waals surface area contributed by atoms with E-state index in [1.165, 1.54) is 0 Å². The van der Waals surface area contributed by atoms with Crippen LogP contribution in [0.15, 0.2) is 22.0 Å². The minimum atomic E-state index is -0.142. The van der Waals surface area contributed by atoms with Crippen LogP contribution in [0.25, 0.3) is 0 Å². The molecule has 6 heteroatoms. The zero-order chi connectivity index (χ0) is 16.5. The Morgan fingerprint density at radius 3 is 2.55 bits per heavy atom. The summed E-state index contributed by atoms with van der Waals surface area (Å²) in [5.41, 5.74) is 1.42. The first-order valence-electron chi connectivity index (χ1n) is 7.30. The molecule has 2 heterocycles. The van der Waals surface area contributed by atoms with Crippen molar-refractivity contribution in [2.24, 2.45) is 0 Å². The van der Waals surface area contributed by atoms with Crippen LogP contribution < -0.4 is 5.32 Å². The number of thiophene rings is 1. The maximum absolute atomic E-state index is 12.3. The lowest BCUT2D eigenvalue weighted by molar-refractivity contribution is 0.0944. The van der Waals surface area contributed by atoms with Gasteiger partial charge in [0.2, 0.25) is 0 Å². The molecule has 22 heavy (non-hydrogen) atoms. The number of amides is 1. The monoisotopic (exact) mass is 383 g/mol. The third-order valence-corrected chi connectivity index (χ3v) is 4.94. The van der Waals surface area contributed by atoms with Crippen molar-refractivity contribution < 1.29 is 4.79 Å². The van der Waals surface area contributed by atoms with E-state index in [0.29, 0.717) is 18.2 Å². The van der Waals surface area contributed by atoms with E-state index in [1.807, 2.05) is 22.2 Å². The van der Waals surface area contributed by atoms with E-state index in [-0.39, 0.29) is 11.4 Å². The van der Waals surface area contributed by atoms with Gasteiger partial charge in [0.15, 0.2) is 0 Å². The highest BCUT2D eigenvalue weighted by Gasteiger charge is 2.23. The number of carbonyl (C=O) groups excluding carboxylic acids is 1. The van der Waals surface area contributed by atoms with Crippen molar-refractivity contribution in [3.63, 3.8) is 0 Å². The molecule has 0 aliphatic carbocycles. The number of rotatable bonds is 4. The Balaban J connectivity index is 2.16. The van der Waals surface area contributed by atoms with E-state index < -0.39 is 0 Å². The number of hydrogen-bond acceptors (Lipinski definition) is 3. The first-order valence-corrected chi connectivity index (χ1v) is 8.97. The Bertz CT molecular complexity index is 667. The average Bonchev–Trinajstić information content (AvgIpc) is 3.01. The molecule has 0 saturated carbocycles. The molecule has 0 fully saturated rings. The average molecular weight is 384 g/mol. The quantitative estimate of drug-likeness (QED) is 0.843. The number of carbonyl (C=O) groups is 1. The summed E-state index contributed by atoms with van der Waals surface area (Å²) in [5.74, 6) is 0.191. The van der Waals surface area contributed by atoms with Gasteiger partial charge < -0.3 is 5.32 Å². The van der Waals surface area contributed by atoms with Crippen LogP contribution in [0.2, 0.25) is 0 Å². The fraction of sp³-hybridized carbons (Fsp3) is 0.500. The van der Waals surface area contributed by atoms with Crippen LogP contribution in [0.4, 0.5) is 0 Å². The van der Waals surface area contributed by atoms with Crippen molar-refractivity contribution in [1.29, 1.82) is 0 Å². The van der Waals surface area contributed by atoms with E-state index in [0.717, 1.165) is 15.0 Å². The standard InChI is InChI=1S/C16H22BrN3OS/c1-10(2)14-7-13(19-20(14)16(3,4)5)15(21)18-8-12-6-11(17)9-22-12/h6-7,9-10H,8H2,1-5H3,(H,18,21). The molecule has 4 nitrogen and oxygen atoms in total. The second kappa shape index (κ2) is 6.54. The molecule has 0 aromatic carbocycles. The van der Waals surface area contributed by atoms with Crippen molar-refractivity contribution >= 4 is 33.2 Å². The van der Waals surface area contributed by atoms with Crippen LogP contribution >= 0.6 is 27.3 Å². The molecule has 0 atom stereocenters. The van der Waals surface area contributed by atoms with Crippen molar-refractivity contribution in [2.75, 3.05) is 0 Å². The third-order valence-electron chi connectivity index (χ3n) is 3.24. The maximum Gasteiger partial charge on any atom is 0.272 e. The minimum Gasteiger partial charge on any atom is -0.346 e. The molecule has 120 valence electrons. The number of nitrogens with one attached hydrogen (secondary N) is 1. The highest BCUT2D eigenvalue weighted by Crippen LogP contribution is 2.24. The lowest BCUT2D eigenvalue weighted by Gasteiger charge is -2.23. The van der Waals surface area contributed by atoms with Gasteiger partial charge >= 0.3 is 0 Å². The van der Waals surface area contributed by atoms with E-state index >= 15 is 0 Å². The van der Waals surface area contributed by atoms with Gasteiger partial charge in [-0.15, -0.1) is 11.3 Å². The van der Waals surface area contributed by atoms with Crippen molar-refractivity contribution in [3.05, 3.63) is 38.3 Å². The summed E-state index contributed by atoms with van der Waals surface area (Å²) >= 11 is 5.03. The molecule has 0 radical (unpaired) electrons. The highest BCUT2D eigenvalue weighted by atomic mass is 79.9. The first kappa shape index (κ1) is 17.2. The fourth-order valence-electron chi connectivity index (χ4n) is 2.16. The smallest absolute Gasteiger partial charge is 0.272 e. The summed E-state index contributed by atoms with van der Waals surface area (Å²) in [6.07, 6.45) is 0. The molecule has 2 aromatic rings. The molecule has 2 rings (SSSR count). The van der Waals surface area contributed by atoms with Crippen molar-refractivity contribution in [3.8, 4) is 0 Å². The number of aromatic nitrogens is 2. The van der Waals surface area contributed by atoms with Gasteiger partial charge in [-0.05, 0) is 54.8 Å². The fourth-order valence-corrected chi connectivity index (χ4v) is 3.55. The van der Waals surface area contributed by atoms with Crippen LogP contribution in [0.3, 0.4) is 0 Å². The summed E-state index contributed by atoms with van der Waals surface area (Å²) in [6, 6.07) is 3.91. The molecule has 0 saturated heterocycles. The van der Waals surface area contributed by atoms with Crippen LogP contribution in [0.5, 0.6) is 0 Å². The van der Waals surface area contributed by atoms with Gasteiger partial charge in [-0.1, -0.05) is 13.8 Å². The zero-order valence-corrected chi connectivity index (χ0v) is 16.0. The minimum absolute atomic E-state index is 0.130. The van der Waals surface area contributed by atoms with Crippen molar-refractivity contribution in [1.82, 2.24) is 15.1 Å². The highest BCUT2D eigenvalue weighted by molar-refractivity contribution is 9.10. The van der Waals surface area contributed by atoms with Gasteiger partial charge in [-0.25, -0.2) is 0 Å². The molecule has 1 N–H and O–H groups in total. The molecular weight excluding hydrogens is 362 g/mol. The molecule has 0 aliphatic rings. The normalized spacial score (nSPS) is 12.0. The Morgan fingerprint density at radius 1 is 1.41 bits per heavy atom. The van der Waals surface area contributed by atoms with Crippen LogP contribution in [0.1, 0.15) is 61.6 Å². The summed E-state index contributed by atoms with van der Waals surface area (Å²) in [5, 5.41) is 9.46. The second-order valence-electron chi connectivity index (χ2n) is 6.61. The first-order chi connectivity index (χ1) is 10.2. The van der Waals surface area contributed by atoms with Gasteiger partial charge in [0.1, 0.15) is 5.69 Å². The molecular formula is C16H22BrN3OS. The predicted octanol–water partition coefficient (Wildman–Crippen LogP) is 4.52. The SMILES string of the molecule is CC(C)c1cc(C(=O)NCc2cc(Br)cs2)nn1C(C)(C)C. The Labute approximate surface area is 144 Å². The van der Waals surface area contributed by atoms with Gasteiger partial charge in [-0.2, -0.15) is 5.10 Å². The molecule has 2 aromatic heterocycles. The van der Waals surface area contributed by atoms with Crippen LogP contribution in [-0.2, 0) is 12.1 Å². The van der Waals surface area contributed by atoms with E-state index in [4.69, 9.17) is 0 Å². The van der Waals surface area contributed by atoms with Gasteiger partial charge in [0, 0.05) is 20.4 Å². The molecule has 0 unspecified atom stereocenters. The summed E-state index contributed by atoms with van der Waals surface area (Å²) < 4.78 is 3.00. The van der Waals surface area contributed by atoms with Gasteiger partial charge in [-0.3, -0.25) is 9.48 Å². The molecule has 1 amide bonds. The van der Waals surface area contributed by atoms with Crippen LogP contribution in [-0.4, -0.2) is 15.7 Å². The van der Waals surface area contributed by atoms with Crippen molar-refractivity contribution in [2.45, 2.75) is 52.6 Å². The van der Waals surface area contributed by atoms with E-state index in [2.05, 4.69) is 61.0 Å². The van der Waals surface area contributed by atoms with Crippen LogP contribution in [0, 0.1) is 0 Å². The number of hydrogen-bond donors (Lipinski definition) is 1. The molecule has 0 aliphatic heterocycles. The van der Waals surface area contributed by atoms with Gasteiger partial charge in [0.05, 0.1) is 12.1 Å². The third kappa shape index (κ3) is 3.98. The lowest BCUT2D eigenvalue weighted by Crippen LogP contribution is -2.27. The largest absolute Gasteiger partial charge is 0.346 e. The lowest BCUT2D eigenvalue weighted by atomic mass is 10.1. The Hall–Kier alpha value is -1.14. The number of halogens is 1. The summed E-state index contributed by atoms with van der Waals surface area (Å²) in [4.78, 5) is 13.5. The topological polar surface area (TPSA) is 46.9 Å². The molecule has 0 spiro atoms. The Morgan fingerprint density at radius 2 is 2.09 bits per heavy atom. The summed E-state index contributed by atoms with van der Waals surface area (Å²) in [6.45, 7) is 11.0. The van der Waals surface area contributed by atoms with E-state index in [1.54, 1.807) is 11.3 Å². The zero-order valence-electron chi connectivity index (χ0n) is 13.6. The maximum atomic E-state index is 12.3. The Kier molecular flexibility index (Phi) is 5.12. The molecule has 0 bridgehead atoms. The van der Waals surface area contributed by atoms with Gasteiger partial charge in [0.25, 0.3) is 5.91 Å². The summed E-state index contributed by atoms with van der Waals surface area (Å²) in [7, 11) is 0. The number of nitrogens with zero attached hydrogens (tertiary/aromatic N) is 2. The van der Waals surface area contributed by atoms with E-state index in [9.17, 15) is 4.79 Å². The predicted molar refractivity (Wildman–Crippen MR) is 94.5 cm³/mol. The second-order valence-corrected chi connectivity index (χ2v) is 8.52.